The molecule has 0 bridgehead atoms. The van der Waals surface area contributed by atoms with Gasteiger partial charge in [0.1, 0.15) is 5.84 Å². The first-order chi connectivity index (χ1) is 14.8. The topological polar surface area (TPSA) is 53.8 Å². The van der Waals surface area contributed by atoms with E-state index in [9.17, 15) is 4.79 Å². The van der Waals surface area contributed by atoms with Crippen molar-refractivity contribution < 1.29 is 4.79 Å². The Morgan fingerprint density at radius 1 is 1.03 bits per heavy atom. The second-order valence-electron chi connectivity index (χ2n) is 8.48. The van der Waals surface area contributed by atoms with Crippen molar-refractivity contribution in [2.24, 2.45) is 15.9 Å². The van der Waals surface area contributed by atoms with Crippen molar-refractivity contribution in [1.29, 1.82) is 0 Å². The van der Waals surface area contributed by atoms with Crippen molar-refractivity contribution in [3.05, 3.63) is 63.5 Å². The molecule has 154 valence electrons. The van der Waals surface area contributed by atoms with E-state index in [-0.39, 0.29) is 5.91 Å². The van der Waals surface area contributed by atoms with E-state index in [1.54, 1.807) is 11.3 Å². The summed E-state index contributed by atoms with van der Waals surface area (Å²) in [7, 11) is 0. The zero-order chi connectivity index (χ0) is 20.3. The van der Waals surface area contributed by atoms with Crippen LogP contribution in [0.3, 0.4) is 0 Å². The molecule has 5 rings (SSSR count). The number of nitrogens with one attached hydrogen (secondary N) is 1. The second kappa shape index (κ2) is 8.68. The van der Waals surface area contributed by atoms with Gasteiger partial charge in [-0.1, -0.05) is 49.6 Å². The minimum atomic E-state index is 0.103. The van der Waals surface area contributed by atoms with E-state index in [4.69, 9.17) is 9.98 Å². The van der Waals surface area contributed by atoms with Crippen LogP contribution in [0.5, 0.6) is 0 Å². The standard InChI is InChI=1S/C25H27N3OS/c29-24(15-17-7-2-1-3-8-17)28-23-16-21(22-11-6-14-30-22)27-25-19-10-5-4-9-18(19)12-13-20(25)26-23/h4-6,9-11,14,17H,1-3,7-8,12-13,15-16H2,(H,26,28,29). The fraction of sp³-hybridized carbons (Fsp3) is 0.400. The summed E-state index contributed by atoms with van der Waals surface area (Å²) >= 11 is 1.69. The zero-order valence-electron chi connectivity index (χ0n) is 17.2. The van der Waals surface area contributed by atoms with Crippen LogP contribution in [-0.4, -0.2) is 17.5 Å². The van der Waals surface area contributed by atoms with Gasteiger partial charge in [0.25, 0.3) is 0 Å². The molecule has 1 aliphatic heterocycles. The Hall–Kier alpha value is -2.53. The molecule has 0 unspecified atom stereocenters. The lowest BCUT2D eigenvalue weighted by molar-refractivity contribution is -0.120. The fourth-order valence-corrected chi connectivity index (χ4v) is 5.50. The molecule has 2 aliphatic carbocycles. The van der Waals surface area contributed by atoms with Gasteiger partial charge in [-0.15, -0.1) is 11.3 Å². The molecule has 1 aromatic heterocycles. The number of aryl methyl sites for hydroxylation is 1. The van der Waals surface area contributed by atoms with Crippen molar-refractivity contribution >= 4 is 34.5 Å². The number of benzene rings is 1. The van der Waals surface area contributed by atoms with Crippen LogP contribution in [0.25, 0.3) is 5.70 Å². The molecule has 1 aromatic carbocycles. The highest BCUT2D eigenvalue weighted by Crippen LogP contribution is 2.35. The Morgan fingerprint density at radius 3 is 2.73 bits per heavy atom. The van der Waals surface area contributed by atoms with E-state index in [1.165, 1.54) is 43.2 Å². The molecule has 30 heavy (non-hydrogen) atoms. The summed E-state index contributed by atoms with van der Waals surface area (Å²) in [4.78, 5) is 24.0. The van der Waals surface area contributed by atoms with E-state index in [1.807, 2.05) is 0 Å². The van der Waals surface area contributed by atoms with Crippen LogP contribution < -0.4 is 5.32 Å². The van der Waals surface area contributed by atoms with Gasteiger partial charge >= 0.3 is 0 Å². The molecule has 0 spiro atoms. The highest BCUT2D eigenvalue weighted by molar-refractivity contribution is 7.12. The summed E-state index contributed by atoms with van der Waals surface area (Å²) in [5, 5.41) is 5.23. The maximum atomic E-state index is 12.8. The number of aliphatic imine (C=N–C) groups is 2. The van der Waals surface area contributed by atoms with Gasteiger partial charge in [0.05, 0.1) is 17.1 Å². The molecule has 0 radical (unpaired) electrons. The summed E-state index contributed by atoms with van der Waals surface area (Å²) in [6.45, 7) is 0. The fourth-order valence-electron chi connectivity index (χ4n) is 4.79. The molecule has 3 aliphatic rings. The Bertz CT molecular complexity index is 1030. The number of carbonyl (C=O) groups is 1. The molecule has 2 aromatic rings. The average Bonchev–Trinajstić information content (AvgIpc) is 3.23. The van der Waals surface area contributed by atoms with Crippen molar-refractivity contribution in [2.45, 2.75) is 57.8 Å². The predicted molar refractivity (Wildman–Crippen MR) is 124 cm³/mol. The first-order valence-corrected chi connectivity index (χ1v) is 11.9. The molecule has 2 heterocycles. The lowest BCUT2D eigenvalue weighted by atomic mass is 9.87. The second-order valence-corrected chi connectivity index (χ2v) is 9.43. The predicted octanol–water partition coefficient (Wildman–Crippen LogP) is 5.74. The van der Waals surface area contributed by atoms with Gasteiger partial charge in [-0.3, -0.25) is 4.79 Å². The van der Waals surface area contributed by atoms with E-state index in [0.29, 0.717) is 18.8 Å². The first kappa shape index (κ1) is 19.4. The number of thiophene rings is 1. The quantitative estimate of drug-likeness (QED) is 0.680. The third-order valence-electron chi connectivity index (χ3n) is 6.32. The van der Waals surface area contributed by atoms with Gasteiger partial charge in [0, 0.05) is 23.3 Å². The van der Waals surface area contributed by atoms with Crippen molar-refractivity contribution in [2.75, 3.05) is 0 Å². The van der Waals surface area contributed by atoms with Gasteiger partial charge < -0.3 is 5.32 Å². The largest absolute Gasteiger partial charge is 0.314 e. The summed E-state index contributed by atoms with van der Waals surface area (Å²) in [6, 6.07) is 12.6. The molecule has 5 heteroatoms. The van der Waals surface area contributed by atoms with E-state index in [0.717, 1.165) is 40.7 Å². The summed E-state index contributed by atoms with van der Waals surface area (Å²) in [5.74, 6) is 1.37. The van der Waals surface area contributed by atoms with Crippen LogP contribution in [0.1, 0.15) is 67.4 Å². The lowest BCUT2D eigenvalue weighted by Crippen LogP contribution is -2.33. The minimum Gasteiger partial charge on any atom is -0.314 e. The number of fused-ring (bicyclic) bond motifs is 2. The number of hydrogen-bond donors (Lipinski definition) is 1. The van der Waals surface area contributed by atoms with Crippen molar-refractivity contribution in [1.82, 2.24) is 5.32 Å². The summed E-state index contributed by atoms with van der Waals surface area (Å²) in [5.41, 5.74) is 5.45. The first-order valence-electron chi connectivity index (χ1n) is 11.1. The SMILES string of the molecule is O=C(CC1CCCCC1)NC1=NC2=C(N=C(c3cccs3)C1)c1ccccc1CC2. The van der Waals surface area contributed by atoms with Gasteiger partial charge in [0.2, 0.25) is 5.91 Å². The highest BCUT2D eigenvalue weighted by atomic mass is 32.1. The van der Waals surface area contributed by atoms with Gasteiger partial charge in [-0.05, 0) is 48.6 Å². The Morgan fingerprint density at radius 2 is 1.90 bits per heavy atom. The number of amidine groups is 1. The molecular weight excluding hydrogens is 390 g/mol. The van der Waals surface area contributed by atoms with Crippen LogP contribution in [0.4, 0.5) is 0 Å². The normalized spacial score (nSPS) is 19.3. The number of hydrogen-bond acceptors (Lipinski definition) is 4. The third-order valence-corrected chi connectivity index (χ3v) is 7.24. The zero-order valence-corrected chi connectivity index (χ0v) is 18.0. The number of rotatable bonds is 3. The monoisotopic (exact) mass is 417 g/mol. The Kier molecular flexibility index (Phi) is 5.63. The van der Waals surface area contributed by atoms with Gasteiger partial charge in [-0.2, -0.15) is 0 Å². The summed E-state index contributed by atoms with van der Waals surface area (Å²) < 4.78 is 0. The molecule has 1 saturated carbocycles. The average molecular weight is 418 g/mol. The highest BCUT2D eigenvalue weighted by Gasteiger charge is 2.25. The van der Waals surface area contributed by atoms with Crippen LogP contribution in [-0.2, 0) is 11.2 Å². The third kappa shape index (κ3) is 4.17. The van der Waals surface area contributed by atoms with Gasteiger partial charge in [-0.25, -0.2) is 9.98 Å². The van der Waals surface area contributed by atoms with Crippen molar-refractivity contribution in [3.8, 4) is 0 Å². The lowest BCUT2D eigenvalue weighted by Gasteiger charge is -2.21. The molecule has 1 amide bonds. The van der Waals surface area contributed by atoms with Crippen LogP contribution in [0.2, 0.25) is 0 Å². The molecular formula is C25H27N3OS. The smallest absolute Gasteiger partial charge is 0.225 e. The number of allylic oxidation sites excluding steroid dienone is 1. The van der Waals surface area contributed by atoms with Crippen LogP contribution in [0, 0.1) is 5.92 Å². The van der Waals surface area contributed by atoms with Crippen molar-refractivity contribution in [3.63, 3.8) is 0 Å². The van der Waals surface area contributed by atoms with Crippen LogP contribution in [0.15, 0.2) is 57.5 Å². The molecule has 1 fully saturated rings. The molecule has 1 N–H and O–H groups in total. The molecule has 4 nitrogen and oxygen atoms in total. The Labute approximate surface area is 181 Å². The van der Waals surface area contributed by atoms with Gasteiger partial charge in [0.15, 0.2) is 0 Å². The van der Waals surface area contributed by atoms with E-state index in [2.05, 4.69) is 47.1 Å². The van der Waals surface area contributed by atoms with Crippen LogP contribution >= 0.6 is 11.3 Å². The minimum absolute atomic E-state index is 0.103. The number of amides is 1. The number of carbonyl (C=O) groups excluding carboxylic acids is 1. The Balaban J connectivity index is 1.45. The maximum absolute atomic E-state index is 12.8. The molecule has 0 atom stereocenters. The van der Waals surface area contributed by atoms with E-state index < -0.39 is 0 Å². The summed E-state index contributed by atoms with van der Waals surface area (Å²) in [6.07, 6.45) is 9.16. The maximum Gasteiger partial charge on any atom is 0.225 e. The molecule has 0 saturated heterocycles. The van der Waals surface area contributed by atoms with E-state index >= 15 is 0 Å². The number of nitrogens with zero attached hydrogens (tertiary/aromatic N) is 2.